The lowest BCUT2D eigenvalue weighted by Crippen LogP contribution is -2.18. The quantitative estimate of drug-likeness (QED) is 0.885. The van der Waals surface area contributed by atoms with E-state index in [1.54, 1.807) is 17.9 Å². The van der Waals surface area contributed by atoms with Crippen LogP contribution in [0.5, 0.6) is 0 Å². The van der Waals surface area contributed by atoms with Gasteiger partial charge in [-0.25, -0.2) is 9.48 Å². The summed E-state index contributed by atoms with van der Waals surface area (Å²) in [6.45, 7) is 2.30. The van der Waals surface area contributed by atoms with E-state index in [9.17, 15) is 9.90 Å². The standard InChI is InChI=1S/C14H16ClN3O3/c1-9(21-2)8-18-12(13(14(19)20)16-17-18)7-10-5-3-4-6-11(10)15/h3-6,9H,7-8H2,1-2H3,(H,19,20). The molecule has 0 aliphatic carbocycles. The van der Waals surface area contributed by atoms with Crippen LogP contribution in [0.3, 0.4) is 0 Å². The van der Waals surface area contributed by atoms with E-state index < -0.39 is 5.97 Å². The molecule has 0 aliphatic rings. The zero-order valence-electron chi connectivity index (χ0n) is 11.8. The third kappa shape index (κ3) is 3.59. The van der Waals surface area contributed by atoms with Crippen LogP contribution in [0.15, 0.2) is 24.3 Å². The summed E-state index contributed by atoms with van der Waals surface area (Å²) < 4.78 is 6.75. The van der Waals surface area contributed by atoms with Gasteiger partial charge in [-0.05, 0) is 18.6 Å². The van der Waals surface area contributed by atoms with Crippen LogP contribution in [0.25, 0.3) is 0 Å². The van der Waals surface area contributed by atoms with E-state index in [2.05, 4.69) is 10.3 Å². The van der Waals surface area contributed by atoms with E-state index in [0.29, 0.717) is 23.7 Å². The molecule has 0 radical (unpaired) electrons. The zero-order valence-corrected chi connectivity index (χ0v) is 12.5. The van der Waals surface area contributed by atoms with Crippen LogP contribution in [0.4, 0.5) is 0 Å². The Hall–Kier alpha value is -1.92. The molecule has 1 aromatic carbocycles. The van der Waals surface area contributed by atoms with Gasteiger partial charge in [0, 0.05) is 18.6 Å². The van der Waals surface area contributed by atoms with E-state index in [1.165, 1.54) is 0 Å². The summed E-state index contributed by atoms with van der Waals surface area (Å²) in [5, 5.41) is 17.5. The number of nitrogens with zero attached hydrogens (tertiary/aromatic N) is 3. The summed E-state index contributed by atoms with van der Waals surface area (Å²) in [6, 6.07) is 7.30. The van der Waals surface area contributed by atoms with Crippen LogP contribution in [0, 0.1) is 0 Å². The second kappa shape index (κ2) is 6.69. The monoisotopic (exact) mass is 309 g/mol. The highest BCUT2D eigenvalue weighted by Crippen LogP contribution is 2.20. The summed E-state index contributed by atoms with van der Waals surface area (Å²) in [4.78, 5) is 11.3. The van der Waals surface area contributed by atoms with E-state index in [4.69, 9.17) is 16.3 Å². The Bertz CT molecular complexity index is 642. The maximum Gasteiger partial charge on any atom is 0.358 e. The van der Waals surface area contributed by atoms with E-state index in [1.807, 2.05) is 25.1 Å². The van der Waals surface area contributed by atoms with Crippen molar-refractivity contribution in [1.82, 2.24) is 15.0 Å². The van der Waals surface area contributed by atoms with Gasteiger partial charge in [-0.3, -0.25) is 0 Å². The number of benzene rings is 1. The van der Waals surface area contributed by atoms with Crippen molar-refractivity contribution < 1.29 is 14.6 Å². The van der Waals surface area contributed by atoms with Gasteiger partial charge in [-0.1, -0.05) is 35.0 Å². The third-order valence-electron chi connectivity index (χ3n) is 3.19. The number of aromatic nitrogens is 3. The lowest BCUT2D eigenvalue weighted by atomic mass is 10.1. The van der Waals surface area contributed by atoms with Gasteiger partial charge in [0.1, 0.15) is 0 Å². The molecule has 21 heavy (non-hydrogen) atoms. The number of carboxylic acids is 1. The first-order valence-corrected chi connectivity index (χ1v) is 6.82. The number of aromatic carboxylic acids is 1. The maximum absolute atomic E-state index is 11.3. The average Bonchev–Trinajstić information content (AvgIpc) is 2.84. The summed E-state index contributed by atoms with van der Waals surface area (Å²) in [5.41, 5.74) is 1.29. The molecule has 2 aromatic rings. The van der Waals surface area contributed by atoms with Crippen molar-refractivity contribution in [2.24, 2.45) is 0 Å². The Balaban J connectivity index is 2.37. The molecular weight excluding hydrogens is 294 g/mol. The largest absolute Gasteiger partial charge is 0.476 e. The first-order valence-electron chi connectivity index (χ1n) is 6.44. The Morgan fingerprint density at radius 1 is 1.48 bits per heavy atom. The lowest BCUT2D eigenvalue weighted by Gasteiger charge is -2.12. The van der Waals surface area contributed by atoms with Crippen LogP contribution < -0.4 is 0 Å². The molecule has 0 saturated carbocycles. The number of carbonyl (C=O) groups is 1. The normalized spacial score (nSPS) is 12.3. The fraction of sp³-hybridized carbons (Fsp3) is 0.357. The maximum atomic E-state index is 11.3. The first kappa shape index (κ1) is 15.5. The van der Waals surface area contributed by atoms with Crippen molar-refractivity contribution in [3.05, 3.63) is 46.2 Å². The number of rotatable bonds is 6. The molecule has 7 heteroatoms. The minimum atomic E-state index is -1.10. The number of carboxylic acid groups (broad SMARTS) is 1. The highest BCUT2D eigenvalue weighted by molar-refractivity contribution is 6.31. The number of methoxy groups -OCH3 is 1. The van der Waals surface area contributed by atoms with Crippen LogP contribution >= 0.6 is 11.6 Å². The first-order chi connectivity index (χ1) is 10.0. The zero-order chi connectivity index (χ0) is 15.4. The smallest absolute Gasteiger partial charge is 0.358 e. The molecule has 1 unspecified atom stereocenters. The molecule has 2 rings (SSSR count). The van der Waals surface area contributed by atoms with Crippen molar-refractivity contribution in [3.63, 3.8) is 0 Å². The number of hydrogen-bond acceptors (Lipinski definition) is 4. The van der Waals surface area contributed by atoms with Crippen molar-refractivity contribution in [1.29, 1.82) is 0 Å². The van der Waals surface area contributed by atoms with Gasteiger partial charge < -0.3 is 9.84 Å². The van der Waals surface area contributed by atoms with Crippen molar-refractivity contribution in [2.75, 3.05) is 7.11 Å². The van der Waals surface area contributed by atoms with Crippen LogP contribution in [0.1, 0.15) is 28.7 Å². The molecule has 0 bridgehead atoms. The molecule has 0 amide bonds. The van der Waals surface area contributed by atoms with E-state index >= 15 is 0 Å². The second-order valence-electron chi connectivity index (χ2n) is 4.69. The molecule has 1 aromatic heterocycles. The SMILES string of the molecule is COC(C)Cn1nnc(C(=O)O)c1Cc1ccccc1Cl. The minimum Gasteiger partial charge on any atom is -0.476 e. The lowest BCUT2D eigenvalue weighted by molar-refractivity contribution is 0.0688. The Labute approximate surface area is 127 Å². The topological polar surface area (TPSA) is 77.2 Å². The molecule has 1 N–H and O–H groups in total. The van der Waals surface area contributed by atoms with Crippen LogP contribution in [-0.4, -0.2) is 39.3 Å². The Morgan fingerprint density at radius 3 is 2.81 bits per heavy atom. The molecular formula is C14H16ClN3O3. The summed E-state index contributed by atoms with van der Waals surface area (Å²) >= 11 is 6.14. The second-order valence-corrected chi connectivity index (χ2v) is 5.09. The Morgan fingerprint density at radius 2 is 2.19 bits per heavy atom. The molecule has 6 nitrogen and oxygen atoms in total. The average molecular weight is 310 g/mol. The van der Waals surface area contributed by atoms with Crippen LogP contribution in [0.2, 0.25) is 5.02 Å². The van der Waals surface area contributed by atoms with Gasteiger partial charge in [0.25, 0.3) is 0 Å². The highest BCUT2D eigenvalue weighted by Gasteiger charge is 2.21. The Kier molecular flexibility index (Phi) is 4.93. The fourth-order valence-corrected chi connectivity index (χ4v) is 2.16. The molecule has 0 saturated heterocycles. The highest BCUT2D eigenvalue weighted by atomic mass is 35.5. The number of ether oxygens (including phenoxy) is 1. The van der Waals surface area contributed by atoms with E-state index in [0.717, 1.165) is 5.56 Å². The summed E-state index contributed by atoms with van der Waals surface area (Å²) in [5.74, 6) is -1.10. The van der Waals surface area contributed by atoms with Gasteiger partial charge in [0.15, 0.2) is 5.69 Å². The van der Waals surface area contributed by atoms with Crippen molar-refractivity contribution >= 4 is 17.6 Å². The molecule has 1 atom stereocenters. The number of halogens is 1. The predicted octanol–water partition coefficient (Wildman–Crippen LogP) is 2.26. The van der Waals surface area contributed by atoms with Gasteiger partial charge in [0.05, 0.1) is 18.3 Å². The summed E-state index contributed by atoms with van der Waals surface area (Å²) in [6.07, 6.45) is 0.253. The van der Waals surface area contributed by atoms with E-state index in [-0.39, 0.29) is 11.8 Å². The molecule has 1 heterocycles. The third-order valence-corrected chi connectivity index (χ3v) is 3.56. The van der Waals surface area contributed by atoms with Gasteiger partial charge in [-0.2, -0.15) is 0 Å². The van der Waals surface area contributed by atoms with Crippen LogP contribution in [-0.2, 0) is 17.7 Å². The molecule has 112 valence electrons. The van der Waals surface area contributed by atoms with Gasteiger partial charge in [-0.15, -0.1) is 5.10 Å². The van der Waals surface area contributed by atoms with Gasteiger partial charge in [0.2, 0.25) is 0 Å². The molecule has 0 spiro atoms. The van der Waals surface area contributed by atoms with Crippen molar-refractivity contribution in [2.45, 2.75) is 26.0 Å². The van der Waals surface area contributed by atoms with Gasteiger partial charge >= 0.3 is 5.97 Å². The summed E-state index contributed by atoms with van der Waals surface area (Å²) in [7, 11) is 1.59. The van der Waals surface area contributed by atoms with Crippen molar-refractivity contribution in [3.8, 4) is 0 Å². The predicted molar refractivity (Wildman–Crippen MR) is 77.7 cm³/mol. The minimum absolute atomic E-state index is 0.0572. The molecule has 0 aliphatic heterocycles. The fourth-order valence-electron chi connectivity index (χ4n) is 1.96. The number of hydrogen-bond donors (Lipinski definition) is 1. The molecule has 0 fully saturated rings.